The molecule has 1 N–H and O–H groups in total. The number of hydrogen-bond acceptors (Lipinski definition) is 5. The lowest BCUT2D eigenvalue weighted by Crippen LogP contribution is -2.30. The van der Waals surface area contributed by atoms with Crippen LogP contribution < -0.4 is 4.72 Å². The third kappa shape index (κ3) is 3.97. The predicted molar refractivity (Wildman–Crippen MR) is 101 cm³/mol. The molecule has 1 aromatic heterocycles. The van der Waals surface area contributed by atoms with Crippen LogP contribution in [0.3, 0.4) is 0 Å². The largest absolute Gasteiger partial charge is 0.268 e. The van der Waals surface area contributed by atoms with E-state index in [0.717, 1.165) is 16.3 Å². The summed E-state index contributed by atoms with van der Waals surface area (Å²) < 4.78 is 27.2. The van der Waals surface area contributed by atoms with Crippen LogP contribution in [-0.4, -0.2) is 19.3 Å². The van der Waals surface area contributed by atoms with Gasteiger partial charge in [0.15, 0.2) is 0 Å². The number of thiazole rings is 1. The number of carbonyl (C=O) groups excluding carboxylic acids is 1. The molecule has 3 aromatic rings. The number of aromatic nitrogens is 1. The van der Waals surface area contributed by atoms with Gasteiger partial charge in [0.1, 0.15) is 4.90 Å². The normalized spacial score (nSPS) is 11.3. The molecule has 128 valence electrons. The highest BCUT2D eigenvalue weighted by Crippen LogP contribution is 2.23. The van der Waals surface area contributed by atoms with E-state index in [-0.39, 0.29) is 10.5 Å². The molecule has 0 aliphatic carbocycles. The van der Waals surface area contributed by atoms with Crippen molar-refractivity contribution in [1.82, 2.24) is 9.71 Å². The molecule has 0 unspecified atom stereocenters. The van der Waals surface area contributed by atoms with Crippen molar-refractivity contribution in [2.45, 2.75) is 11.8 Å². The Balaban J connectivity index is 1.81. The molecule has 0 spiro atoms. The number of hydrogen-bond donors (Lipinski definition) is 1. The quantitative estimate of drug-likeness (QED) is 0.670. The highest BCUT2D eigenvalue weighted by atomic mass is 79.9. The zero-order chi connectivity index (χ0) is 18.0. The Hall–Kier alpha value is -2.03. The molecule has 25 heavy (non-hydrogen) atoms. The second kappa shape index (κ2) is 7.07. The Kier molecular flexibility index (Phi) is 5.03. The van der Waals surface area contributed by atoms with Crippen molar-refractivity contribution in [1.29, 1.82) is 0 Å². The number of benzene rings is 2. The molecule has 0 bridgehead atoms. The van der Waals surface area contributed by atoms with Gasteiger partial charge in [-0.25, -0.2) is 18.1 Å². The topological polar surface area (TPSA) is 76.1 Å². The maximum atomic E-state index is 12.4. The lowest BCUT2D eigenvalue weighted by Gasteiger charge is -2.08. The van der Waals surface area contributed by atoms with Crippen molar-refractivity contribution in [3.8, 4) is 11.3 Å². The van der Waals surface area contributed by atoms with Crippen molar-refractivity contribution < 1.29 is 13.2 Å². The van der Waals surface area contributed by atoms with E-state index in [1.807, 2.05) is 12.3 Å². The number of sulfonamides is 1. The first-order valence-corrected chi connectivity index (χ1v) is 10.4. The zero-order valence-corrected chi connectivity index (χ0v) is 16.3. The van der Waals surface area contributed by atoms with Crippen molar-refractivity contribution in [2.75, 3.05) is 0 Å². The van der Waals surface area contributed by atoms with E-state index >= 15 is 0 Å². The number of rotatable bonds is 4. The zero-order valence-electron chi connectivity index (χ0n) is 13.1. The van der Waals surface area contributed by atoms with Gasteiger partial charge in [-0.2, -0.15) is 0 Å². The van der Waals surface area contributed by atoms with Crippen LogP contribution in [0.25, 0.3) is 11.3 Å². The predicted octanol–water partition coefficient (Wildman–Crippen LogP) is 4.00. The summed E-state index contributed by atoms with van der Waals surface area (Å²) >= 11 is 4.72. The van der Waals surface area contributed by atoms with Crippen LogP contribution in [-0.2, 0) is 10.0 Å². The van der Waals surface area contributed by atoms with Crippen LogP contribution in [0.2, 0.25) is 0 Å². The van der Waals surface area contributed by atoms with Crippen molar-refractivity contribution >= 4 is 43.2 Å². The van der Waals surface area contributed by atoms with Crippen LogP contribution in [0, 0.1) is 6.92 Å². The molecule has 2 aromatic carbocycles. The molecule has 1 heterocycles. The van der Waals surface area contributed by atoms with Crippen molar-refractivity contribution in [2.24, 2.45) is 0 Å². The summed E-state index contributed by atoms with van der Waals surface area (Å²) in [6.45, 7) is 1.92. The van der Waals surface area contributed by atoms with Gasteiger partial charge < -0.3 is 0 Å². The van der Waals surface area contributed by atoms with Gasteiger partial charge in [-0.3, -0.25) is 4.79 Å². The molecule has 0 radical (unpaired) electrons. The summed E-state index contributed by atoms with van der Waals surface area (Å²) in [5.41, 5.74) is 1.95. The van der Waals surface area contributed by atoms with E-state index in [1.165, 1.54) is 6.07 Å². The van der Waals surface area contributed by atoms with Gasteiger partial charge in [0.25, 0.3) is 15.9 Å². The molecule has 0 aliphatic heterocycles. The molecular weight excluding hydrogens is 424 g/mol. The summed E-state index contributed by atoms with van der Waals surface area (Å²) in [4.78, 5) is 16.7. The maximum absolute atomic E-state index is 12.4. The number of nitrogens with zero attached hydrogens (tertiary/aromatic N) is 1. The molecule has 0 saturated heterocycles. The van der Waals surface area contributed by atoms with Crippen LogP contribution >= 0.6 is 27.3 Å². The molecule has 0 aliphatic rings. The Morgan fingerprint density at radius 2 is 1.80 bits per heavy atom. The number of aryl methyl sites for hydroxylation is 1. The van der Waals surface area contributed by atoms with Gasteiger partial charge in [0.2, 0.25) is 0 Å². The minimum absolute atomic E-state index is 0.0120. The molecule has 0 atom stereocenters. The van der Waals surface area contributed by atoms with E-state index < -0.39 is 15.9 Å². The van der Waals surface area contributed by atoms with Crippen molar-refractivity contribution in [3.05, 3.63) is 69.0 Å². The molecule has 8 heteroatoms. The van der Waals surface area contributed by atoms with E-state index in [1.54, 1.807) is 53.8 Å². The molecule has 1 amide bonds. The van der Waals surface area contributed by atoms with Gasteiger partial charge in [-0.15, -0.1) is 11.3 Å². The summed E-state index contributed by atoms with van der Waals surface area (Å²) in [5.74, 6) is -0.684. The van der Waals surface area contributed by atoms with Crippen LogP contribution in [0.1, 0.15) is 15.4 Å². The molecule has 3 rings (SSSR count). The van der Waals surface area contributed by atoms with E-state index in [4.69, 9.17) is 0 Å². The minimum atomic E-state index is -3.95. The van der Waals surface area contributed by atoms with Gasteiger partial charge in [-0.05, 0) is 47.1 Å². The first kappa shape index (κ1) is 17.8. The SMILES string of the molecule is Cc1nc(-c2ccc(C(=O)NS(=O)(=O)c3ccccc3Br)cc2)cs1. The Morgan fingerprint density at radius 3 is 2.40 bits per heavy atom. The number of carbonyl (C=O) groups is 1. The average Bonchev–Trinajstić information content (AvgIpc) is 3.01. The average molecular weight is 437 g/mol. The lowest BCUT2D eigenvalue weighted by molar-refractivity contribution is 0.0981. The molecular formula is C17H13BrN2O3S2. The van der Waals surface area contributed by atoms with Crippen LogP contribution in [0.15, 0.2) is 63.3 Å². The number of amides is 1. The summed E-state index contributed by atoms with van der Waals surface area (Å²) in [7, 11) is -3.95. The highest BCUT2D eigenvalue weighted by Gasteiger charge is 2.21. The van der Waals surface area contributed by atoms with Gasteiger partial charge in [-0.1, -0.05) is 24.3 Å². The van der Waals surface area contributed by atoms with Gasteiger partial charge in [0, 0.05) is 21.0 Å². The second-order valence-corrected chi connectivity index (χ2v) is 8.76. The molecule has 5 nitrogen and oxygen atoms in total. The fraction of sp³-hybridized carbons (Fsp3) is 0.0588. The van der Waals surface area contributed by atoms with Gasteiger partial charge in [0.05, 0.1) is 10.7 Å². The molecule has 0 saturated carbocycles. The third-order valence-corrected chi connectivity index (χ3v) is 6.53. The molecule has 0 fully saturated rings. The third-order valence-electron chi connectivity index (χ3n) is 3.42. The van der Waals surface area contributed by atoms with Gasteiger partial charge >= 0.3 is 0 Å². The summed E-state index contributed by atoms with van der Waals surface area (Å²) in [5, 5.41) is 2.89. The lowest BCUT2D eigenvalue weighted by atomic mass is 10.1. The van der Waals surface area contributed by atoms with E-state index in [0.29, 0.717) is 4.47 Å². The number of halogens is 1. The number of nitrogens with one attached hydrogen (secondary N) is 1. The second-order valence-electron chi connectivity index (χ2n) is 5.19. The van der Waals surface area contributed by atoms with Crippen LogP contribution in [0.5, 0.6) is 0 Å². The van der Waals surface area contributed by atoms with Crippen LogP contribution in [0.4, 0.5) is 0 Å². The Morgan fingerprint density at radius 1 is 1.12 bits per heavy atom. The van der Waals surface area contributed by atoms with E-state index in [9.17, 15) is 13.2 Å². The highest BCUT2D eigenvalue weighted by molar-refractivity contribution is 9.10. The maximum Gasteiger partial charge on any atom is 0.265 e. The first-order valence-electron chi connectivity index (χ1n) is 7.21. The monoisotopic (exact) mass is 436 g/mol. The standard InChI is InChI=1S/C17H13BrN2O3S2/c1-11-19-15(10-24-11)12-6-8-13(9-7-12)17(21)20-25(22,23)16-5-3-2-4-14(16)18/h2-10H,1H3,(H,20,21). The summed E-state index contributed by atoms with van der Waals surface area (Å²) in [6.07, 6.45) is 0. The fourth-order valence-electron chi connectivity index (χ4n) is 2.19. The van der Waals surface area contributed by atoms with E-state index in [2.05, 4.69) is 25.6 Å². The summed E-state index contributed by atoms with van der Waals surface area (Å²) in [6, 6.07) is 13.0. The Bertz CT molecular complexity index is 1030. The van der Waals surface area contributed by atoms with Crippen molar-refractivity contribution in [3.63, 3.8) is 0 Å². The fourth-order valence-corrected chi connectivity index (χ4v) is 4.79. The Labute approximate surface area is 157 Å². The first-order chi connectivity index (χ1) is 11.9. The smallest absolute Gasteiger partial charge is 0.265 e. The minimum Gasteiger partial charge on any atom is -0.268 e.